The van der Waals surface area contributed by atoms with E-state index in [0.717, 1.165) is 58.0 Å². The fraction of sp³-hybridized carbons (Fsp3) is 0.760. The third-order valence-corrected chi connectivity index (χ3v) is 8.44. The molecule has 1 aromatic rings. The number of methoxy groups -OCH3 is 1. The molecule has 0 aromatic carbocycles. The zero-order valence-electron chi connectivity index (χ0n) is 20.1. The van der Waals surface area contributed by atoms with E-state index >= 15 is 0 Å². The molecule has 3 N–H and O–H groups in total. The third kappa shape index (κ3) is 6.56. The van der Waals surface area contributed by atoms with E-state index in [-0.39, 0.29) is 41.9 Å². The molecule has 1 saturated heterocycles. The molecule has 0 bridgehead atoms. The van der Waals surface area contributed by atoms with Gasteiger partial charge >= 0.3 is 0 Å². The Morgan fingerprint density at radius 3 is 2.58 bits per heavy atom. The Hall–Kier alpha value is -1.48. The quantitative estimate of drug-likeness (QED) is 0.572. The number of nitrogens with one attached hydrogen (secondary N) is 1. The SMILES string of the molecule is COCCN(Cc1ccc(C)s1)C1CCN(C(=O)C2CC2)[C@@H](C(=O)NC2CCC(N)CC2)C1. The van der Waals surface area contributed by atoms with Crippen LogP contribution in [0, 0.1) is 12.8 Å². The number of hydrogen-bond donors (Lipinski definition) is 2. The number of nitrogens with zero attached hydrogens (tertiary/aromatic N) is 2. The summed E-state index contributed by atoms with van der Waals surface area (Å²) in [5, 5.41) is 3.28. The second kappa shape index (κ2) is 11.3. The molecule has 4 rings (SSSR count). The molecule has 0 radical (unpaired) electrons. The van der Waals surface area contributed by atoms with Gasteiger partial charge in [0.25, 0.3) is 0 Å². The van der Waals surface area contributed by atoms with Crippen molar-refractivity contribution in [3.8, 4) is 0 Å². The molecule has 1 aromatic heterocycles. The number of aryl methyl sites for hydroxylation is 1. The Kier molecular flexibility index (Phi) is 8.43. The molecule has 2 atom stereocenters. The first-order chi connectivity index (χ1) is 15.9. The van der Waals surface area contributed by atoms with Gasteiger partial charge in [0.15, 0.2) is 0 Å². The summed E-state index contributed by atoms with van der Waals surface area (Å²) in [5.74, 6) is 0.327. The summed E-state index contributed by atoms with van der Waals surface area (Å²) >= 11 is 1.83. The Balaban J connectivity index is 1.46. The molecule has 2 aliphatic carbocycles. The molecule has 2 amide bonds. The number of hydrogen-bond acceptors (Lipinski definition) is 6. The molecule has 3 aliphatic rings. The number of carbonyl (C=O) groups is 2. The predicted octanol–water partition coefficient (Wildman–Crippen LogP) is 2.66. The van der Waals surface area contributed by atoms with Crippen LogP contribution >= 0.6 is 11.3 Å². The van der Waals surface area contributed by atoms with Crippen LogP contribution in [-0.2, 0) is 20.9 Å². The molecule has 7 nitrogen and oxygen atoms in total. The normalized spacial score (nSPS) is 28.2. The summed E-state index contributed by atoms with van der Waals surface area (Å²) < 4.78 is 5.40. The zero-order valence-corrected chi connectivity index (χ0v) is 20.9. The van der Waals surface area contributed by atoms with Gasteiger partial charge < -0.3 is 20.7 Å². The second-order valence-corrected chi connectivity index (χ2v) is 11.5. The summed E-state index contributed by atoms with van der Waals surface area (Å²) in [6, 6.07) is 4.65. The van der Waals surface area contributed by atoms with E-state index in [0.29, 0.717) is 19.6 Å². The molecule has 1 aliphatic heterocycles. The van der Waals surface area contributed by atoms with Gasteiger partial charge in [-0.3, -0.25) is 14.5 Å². The van der Waals surface area contributed by atoms with Gasteiger partial charge in [0, 0.05) is 60.5 Å². The Morgan fingerprint density at radius 2 is 1.94 bits per heavy atom. The van der Waals surface area contributed by atoms with Gasteiger partial charge in [-0.05, 0) is 70.4 Å². The van der Waals surface area contributed by atoms with Crippen molar-refractivity contribution in [2.24, 2.45) is 11.7 Å². The molecular weight excluding hydrogens is 436 g/mol. The van der Waals surface area contributed by atoms with Crippen molar-refractivity contribution in [2.75, 3.05) is 26.8 Å². The maximum atomic E-state index is 13.5. The molecule has 2 saturated carbocycles. The predicted molar refractivity (Wildman–Crippen MR) is 131 cm³/mol. The number of nitrogens with two attached hydrogens (primary N) is 1. The van der Waals surface area contributed by atoms with Gasteiger partial charge in [0.1, 0.15) is 6.04 Å². The Bertz CT molecular complexity index is 803. The smallest absolute Gasteiger partial charge is 0.243 e. The van der Waals surface area contributed by atoms with Crippen LogP contribution in [0.25, 0.3) is 0 Å². The van der Waals surface area contributed by atoms with Gasteiger partial charge in [0.05, 0.1) is 6.61 Å². The summed E-state index contributed by atoms with van der Waals surface area (Å²) in [6.07, 6.45) is 7.27. The van der Waals surface area contributed by atoms with Crippen LogP contribution < -0.4 is 11.1 Å². The van der Waals surface area contributed by atoms with Crippen LogP contribution in [0.4, 0.5) is 0 Å². The van der Waals surface area contributed by atoms with E-state index in [1.54, 1.807) is 7.11 Å². The highest BCUT2D eigenvalue weighted by molar-refractivity contribution is 7.11. The lowest BCUT2D eigenvalue weighted by Gasteiger charge is -2.43. The largest absolute Gasteiger partial charge is 0.383 e. The minimum atomic E-state index is -0.387. The highest BCUT2D eigenvalue weighted by Gasteiger charge is 2.43. The Labute approximate surface area is 202 Å². The van der Waals surface area contributed by atoms with Crippen LogP contribution in [0.15, 0.2) is 12.1 Å². The van der Waals surface area contributed by atoms with E-state index in [1.165, 1.54) is 9.75 Å². The number of likely N-dealkylation sites (tertiary alicyclic amines) is 1. The van der Waals surface area contributed by atoms with E-state index < -0.39 is 0 Å². The monoisotopic (exact) mass is 476 g/mol. The van der Waals surface area contributed by atoms with Crippen molar-refractivity contribution < 1.29 is 14.3 Å². The molecule has 3 fully saturated rings. The average molecular weight is 477 g/mol. The number of piperidine rings is 1. The van der Waals surface area contributed by atoms with Gasteiger partial charge in [-0.25, -0.2) is 0 Å². The van der Waals surface area contributed by atoms with Crippen LogP contribution in [-0.4, -0.2) is 72.6 Å². The molecule has 33 heavy (non-hydrogen) atoms. The first-order valence-corrected chi connectivity index (χ1v) is 13.4. The third-order valence-electron chi connectivity index (χ3n) is 7.46. The summed E-state index contributed by atoms with van der Waals surface area (Å²) in [5.41, 5.74) is 6.05. The van der Waals surface area contributed by atoms with E-state index in [2.05, 4.69) is 29.3 Å². The summed E-state index contributed by atoms with van der Waals surface area (Å²) in [7, 11) is 1.73. The molecule has 184 valence electrons. The second-order valence-electron chi connectivity index (χ2n) is 10.1. The van der Waals surface area contributed by atoms with Crippen LogP contribution in [0.2, 0.25) is 0 Å². The first kappa shape index (κ1) is 24.6. The Morgan fingerprint density at radius 1 is 1.18 bits per heavy atom. The van der Waals surface area contributed by atoms with Gasteiger partial charge in [0.2, 0.25) is 11.8 Å². The number of carbonyl (C=O) groups excluding carboxylic acids is 2. The first-order valence-electron chi connectivity index (χ1n) is 12.6. The molecule has 0 spiro atoms. The standard InChI is InChI=1S/C25H40N4O3S/c1-17-3-10-22(33-17)16-28(13-14-32-2)21-11-12-29(25(31)18-4-5-18)23(15-21)24(30)27-20-8-6-19(26)7-9-20/h3,10,18-21,23H,4-9,11-16,26H2,1-2H3,(H,27,30)/t19?,20?,21?,23-/m1/s1. The lowest BCUT2D eigenvalue weighted by atomic mass is 9.90. The van der Waals surface area contributed by atoms with Gasteiger partial charge in [-0.2, -0.15) is 0 Å². The van der Waals surface area contributed by atoms with Crippen LogP contribution in [0.1, 0.15) is 61.1 Å². The summed E-state index contributed by atoms with van der Waals surface area (Å²) in [4.78, 5) is 33.5. The maximum absolute atomic E-state index is 13.5. The lowest BCUT2D eigenvalue weighted by molar-refractivity contribution is -0.145. The highest BCUT2D eigenvalue weighted by Crippen LogP contribution is 2.34. The van der Waals surface area contributed by atoms with Crippen LogP contribution in [0.5, 0.6) is 0 Å². The topological polar surface area (TPSA) is 87.9 Å². The van der Waals surface area contributed by atoms with E-state index in [4.69, 9.17) is 10.5 Å². The fourth-order valence-corrected chi connectivity index (χ4v) is 6.20. The summed E-state index contributed by atoms with van der Waals surface area (Å²) in [6.45, 7) is 5.13. The van der Waals surface area contributed by atoms with Crippen molar-refractivity contribution in [1.82, 2.24) is 15.1 Å². The highest BCUT2D eigenvalue weighted by atomic mass is 32.1. The van der Waals surface area contributed by atoms with Gasteiger partial charge in [-0.1, -0.05) is 0 Å². The van der Waals surface area contributed by atoms with Crippen molar-refractivity contribution in [3.05, 3.63) is 21.9 Å². The molecular formula is C25H40N4O3S. The molecule has 1 unspecified atom stereocenters. The van der Waals surface area contributed by atoms with Crippen LogP contribution in [0.3, 0.4) is 0 Å². The maximum Gasteiger partial charge on any atom is 0.243 e. The zero-order chi connectivity index (χ0) is 23.4. The minimum absolute atomic E-state index is 0.0211. The lowest BCUT2D eigenvalue weighted by Crippen LogP contribution is -2.59. The van der Waals surface area contributed by atoms with E-state index in [1.807, 2.05) is 16.2 Å². The average Bonchev–Trinajstić information content (AvgIpc) is 3.59. The molecule has 2 heterocycles. The number of thiophene rings is 1. The van der Waals surface area contributed by atoms with Crippen molar-refractivity contribution in [2.45, 2.75) is 89.0 Å². The fourth-order valence-electron chi connectivity index (χ4n) is 5.29. The number of amides is 2. The number of rotatable bonds is 9. The van der Waals surface area contributed by atoms with Crippen molar-refractivity contribution in [3.63, 3.8) is 0 Å². The van der Waals surface area contributed by atoms with Crippen molar-refractivity contribution in [1.29, 1.82) is 0 Å². The minimum Gasteiger partial charge on any atom is -0.383 e. The van der Waals surface area contributed by atoms with E-state index in [9.17, 15) is 9.59 Å². The van der Waals surface area contributed by atoms with Gasteiger partial charge in [-0.15, -0.1) is 11.3 Å². The number of ether oxygens (including phenoxy) is 1. The van der Waals surface area contributed by atoms with Crippen molar-refractivity contribution >= 4 is 23.2 Å². The molecule has 8 heteroatoms.